The first kappa shape index (κ1) is 14.6. The number of aromatic amines is 1. The highest BCUT2D eigenvalue weighted by molar-refractivity contribution is 5.89. The summed E-state index contributed by atoms with van der Waals surface area (Å²) >= 11 is 0. The van der Waals surface area contributed by atoms with Gasteiger partial charge in [-0.15, -0.1) is 0 Å². The quantitative estimate of drug-likeness (QED) is 0.747. The van der Waals surface area contributed by atoms with E-state index in [0.717, 1.165) is 12.1 Å². The first-order valence-corrected chi connectivity index (χ1v) is 6.87. The monoisotopic (exact) mass is 279 g/mol. The molecule has 1 unspecified atom stereocenters. The van der Waals surface area contributed by atoms with Crippen molar-refractivity contribution >= 4 is 11.8 Å². The summed E-state index contributed by atoms with van der Waals surface area (Å²) in [6, 6.07) is 3.91. The van der Waals surface area contributed by atoms with Gasteiger partial charge in [-0.1, -0.05) is 0 Å². The number of H-pyrrole nitrogens is 1. The minimum absolute atomic E-state index is 0.0339. The van der Waals surface area contributed by atoms with Crippen LogP contribution >= 0.6 is 0 Å². The zero-order chi connectivity index (χ0) is 14.4. The van der Waals surface area contributed by atoms with Gasteiger partial charge in [0.15, 0.2) is 0 Å². The van der Waals surface area contributed by atoms with Gasteiger partial charge in [0.25, 0.3) is 0 Å². The van der Waals surface area contributed by atoms with Crippen LogP contribution in [0.1, 0.15) is 12.1 Å². The third kappa shape index (κ3) is 3.84. The van der Waals surface area contributed by atoms with Crippen molar-refractivity contribution in [1.29, 1.82) is 0 Å². The molecule has 2 heterocycles. The van der Waals surface area contributed by atoms with Gasteiger partial charge in [0.05, 0.1) is 12.5 Å². The van der Waals surface area contributed by atoms with Crippen LogP contribution in [0.25, 0.3) is 0 Å². The van der Waals surface area contributed by atoms with Crippen LogP contribution in [-0.4, -0.2) is 55.0 Å². The second-order valence-electron chi connectivity index (χ2n) is 4.97. The Hall–Kier alpha value is -1.82. The molecule has 6 heteroatoms. The summed E-state index contributed by atoms with van der Waals surface area (Å²) < 4.78 is 4.96. The van der Waals surface area contributed by atoms with Gasteiger partial charge in [-0.25, -0.2) is 0 Å². The highest BCUT2D eigenvalue weighted by Crippen LogP contribution is 2.17. The van der Waals surface area contributed by atoms with E-state index in [4.69, 9.17) is 4.74 Å². The second kappa shape index (κ2) is 7.09. The fourth-order valence-corrected chi connectivity index (χ4v) is 2.35. The molecule has 1 atom stereocenters. The van der Waals surface area contributed by atoms with E-state index in [1.807, 2.05) is 18.3 Å². The lowest BCUT2D eigenvalue weighted by molar-refractivity contribution is -0.129. The highest BCUT2D eigenvalue weighted by Gasteiger charge is 2.33. The van der Waals surface area contributed by atoms with E-state index in [0.29, 0.717) is 32.7 Å². The zero-order valence-corrected chi connectivity index (χ0v) is 11.7. The Balaban J connectivity index is 1.71. The van der Waals surface area contributed by atoms with Crippen LogP contribution in [0.15, 0.2) is 18.3 Å². The third-order valence-corrected chi connectivity index (χ3v) is 3.51. The molecule has 6 nitrogen and oxygen atoms in total. The Morgan fingerprint density at radius 2 is 2.45 bits per heavy atom. The highest BCUT2D eigenvalue weighted by atomic mass is 16.5. The number of ether oxygens (including phenoxy) is 1. The number of likely N-dealkylation sites (tertiary alicyclic amines) is 1. The number of amides is 2. The lowest BCUT2D eigenvalue weighted by Crippen LogP contribution is -2.34. The summed E-state index contributed by atoms with van der Waals surface area (Å²) in [5.41, 5.74) is 1.09. The number of hydrogen-bond acceptors (Lipinski definition) is 3. The Bertz CT molecular complexity index is 445. The number of carbonyl (C=O) groups excluding carboxylic acids is 2. The van der Waals surface area contributed by atoms with Crippen LogP contribution in [0.4, 0.5) is 0 Å². The molecular formula is C14H21N3O3. The molecule has 1 aliphatic heterocycles. The molecule has 1 aliphatic rings. The molecule has 20 heavy (non-hydrogen) atoms. The average Bonchev–Trinajstić information content (AvgIpc) is 3.06. The second-order valence-corrected chi connectivity index (χ2v) is 4.97. The maximum atomic E-state index is 12.0. The van der Waals surface area contributed by atoms with Gasteiger partial charge < -0.3 is 19.9 Å². The lowest BCUT2D eigenvalue weighted by Gasteiger charge is -2.15. The molecule has 0 bridgehead atoms. The first-order chi connectivity index (χ1) is 9.70. The van der Waals surface area contributed by atoms with Crippen molar-refractivity contribution < 1.29 is 14.3 Å². The molecular weight excluding hydrogens is 258 g/mol. The topological polar surface area (TPSA) is 74.4 Å². The summed E-state index contributed by atoms with van der Waals surface area (Å²) in [5.74, 6) is -0.237. The largest absolute Gasteiger partial charge is 0.383 e. The summed E-state index contributed by atoms with van der Waals surface area (Å²) in [7, 11) is 1.60. The van der Waals surface area contributed by atoms with Crippen LogP contribution in [-0.2, 0) is 20.7 Å². The molecule has 0 saturated carbocycles. The van der Waals surface area contributed by atoms with E-state index >= 15 is 0 Å². The van der Waals surface area contributed by atoms with Gasteiger partial charge in [-0.05, 0) is 12.1 Å². The molecule has 2 N–H and O–H groups in total. The normalized spacial score (nSPS) is 18.6. The predicted molar refractivity (Wildman–Crippen MR) is 74.1 cm³/mol. The maximum absolute atomic E-state index is 12.0. The number of carbonyl (C=O) groups is 2. The van der Waals surface area contributed by atoms with Gasteiger partial charge in [0, 0.05) is 51.5 Å². The van der Waals surface area contributed by atoms with Crippen LogP contribution in [0.5, 0.6) is 0 Å². The van der Waals surface area contributed by atoms with Crippen LogP contribution in [0.2, 0.25) is 0 Å². The SMILES string of the molecule is COCCN1CC(C(=O)NCCc2ccc[nH]2)CC1=O. The van der Waals surface area contributed by atoms with Gasteiger partial charge in [-0.2, -0.15) is 0 Å². The van der Waals surface area contributed by atoms with Crippen LogP contribution in [0, 0.1) is 5.92 Å². The van der Waals surface area contributed by atoms with E-state index < -0.39 is 0 Å². The summed E-state index contributed by atoms with van der Waals surface area (Å²) in [6.07, 6.45) is 2.94. The minimum Gasteiger partial charge on any atom is -0.383 e. The average molecular weight is 279 g/mol. The Morgan fingerprint density at radius 1 is 1.60 bits per heavy atom. The van der Waals surface area contributed by atoms with Crippen LogP contribution in [0.3, 0.4) is 0 Å². The third-order valence-electron chi connectivity index (χ3n) is 3.51. The van der Waals surface area contributed by atoms with Crippen molar-refractivity contribution in [1.82, 2.24) is 15.2 Å². The number of nitrogens with one attached hydrogen (secondary N) is 2. The summed E-state index contributed by atoms with van der Waals surface area (Å²) in [4.78, 5) is 28.5. The van der Waals surface area contributed by atoms with Crippen LogP contribution < -0.4 is 5.32 Å². The van der Waals surface area contributed by atoms with Gasteiger partial charge in [0.2, 0.25) is 11.8 Å². The molecule has 0 spiro atoms. The number of nitrogens with zero attached hydrogens (tertiary/aromatic N) is 1. The number of hydrogen-bond donors (Lipinski definition) is 2. The Labute approximate surface area is 118 Å². The van der Waals surface area contributed by atoms with E-state index in [1.54, 1.807) is 12.0 Å². The summed E-state index contributed by atoms with van der Waals surface area (Å²) in [5, 5.41) is 2.89. The molecule has 110 valence electrons. The van der Waals surface area contributed by atoms with Gasteiger partial charge >= 0.3 is 0 Å². The lowest BCUT2D eigenvalue weighted by atomic mass is 10.1. The van der Waals surface area contributed by atoms with Crippen molar-refractivity contribution in [3.8, 4) is 0 Å². The van der Waals surface area contributed by atoms with Crippen molar-refractivity contribution in [2.24, 2.45) is 5.92 Å². The number of aromatic nitrogens is 1. The molecule has 2 rings (SSSR count). The molecule has 1 fully saturated rings. The van der Waals surface area contributed by atoms with Crippen molar-refractivity contribution in [3.63, 3.8) is 0 Å². The van der Waals surface area contributed by atoms with Gasteiger partial charge in [0.1, 0.15) is 0 Å². The molecule has 0 radical (unpaired) electrons. The fraction of sp³-hybridized carbons (Fsp3) is 0.571. The number of methoxy groups -OCH3 is 1. The number of rotatable bonds is 7. The van der Waals surface area contributed by atoms with Crippen molar-refractivity contribution in [3.05, 3.63) is 24.0 Å². The van der Waals surface area contributed by atoms with E-state index in [-0.39, 0.29) is 17.7 Å². The molecule has 0 aromatic carbocycles. The molecule has 2 amide bonds. The first-order valence-electron chi connectivity index (χ1n) is 6.87. The Kier molecular flexibility index (Phi) is 5.17. The molecule has 0 aliphatic carbocycles. The maximum Gasteiger partial charge on any atom is 0.225 e. The van der Waals surface area contributed by atoms with Gasteiger partial charge in [-0.3, -0.25) is 9.59 Å². The van der Waals surface area contributed by atoms with E-state index in [1.165, 1.54) is 0 Å². The Morgan fingerprint density at radius 3 is 3.15 bits per heavy atom. The van der Waals surface area contributed by atoms with E-state index in [9.17, 15) is 9.59 Å². The fourth-order valence-electron chi connectivity index (χ4n) is 2.35. The van der Waals surface area contributed by atoms with Crippen molar-refractivity contribution in [2.45, 2.75) is 12.8 Å². The summed E-state index contributed by atoms with van der Waals surface area (Å²) in [6.45, 7) is 2.15. The molecule has 1 saturated heterocycles. The smallest absolute Gasteiger partial charge is 0.225 e. The zero-order valence-electron chi connectivity index (χ0n) is 11.7. The molecule has 1 aromatic heterocycles. The standard InChI is InChI=1S/C14H21N3O3/c1-20-8-7-17-10-11(9-13(17)18)14(19)16-6-4-12-3-2-5-15-12/h2-3,5,11,15H,4,6-10H2,1H3,(H,16,19). The van der Waals surface area contributed by atoms with Crippen molar-refractivity contribution in [2.75, 3.05) is 33.4 Å². The molecule has 1 aromatic rings. The predicted octanol–water partition coefficient (Wildman–Crippen LogP) is 0.168. The van der Waals surface area contributed by atoms with E-state index in [2.05, 4.69) is 10.3 Å². The minimum atomic E-state index is -0.233.